The van der Waals surface area contributed by atoms with Crippen molar-refractivity contribution >= 4 is 11.6 Å². The van der Waals surface area contributed by atoms with Gasteiger partial charge in [0.05, 0.1) is 19.8 Å². The SMILES string of the molecule is CC(C)N(CC(=O)N1CCOCC1)Cc1cccc(N)c1. The zero-order chi connectivity index (χ0) is 15.2. The molecular formula is C16H25N3O2. The van der Waals surface area contributed by atoms with Gasteiger partial charge in [-0.05, 0) is 31.5 Å². The summed E-state index contributed by atoms with van der Waals surface area (Å²) < 4.78 is 5.29. The second-order valence-electron chi connectivity index (χ2n) is 5.74. The van der Waals surface area contributed by atoms with Gasteiger partial charge >= 0.3 is 0 Å². The molecule has 1 aliphatic heterocycles. The Kier molecular flexibility index (Phi) is 5.59. The van der Waals surface area contributed by atoms with Crippen molar-refractivity contribution in [2.45, 2.75) is 26.4 Å². The maximum atomic E-state index is 12.4. The molecule has 1 fully saturated rings. The van der Waals surface area contributed by atoms with Crippen molar-refractivity contribution < 1.29 is 9.53 Å². The van der Waals surface area contributed by atoms with Crippen molar-refractivity contribution in [2.75, 3.05) is 38.6 Å². The lowest BCUT2D eigenvalue weighted by Gasteiger charge is -2.31. The third-order valence-corrected chi connectivity index (χ3v) is 3.77. The first-order chi connectivity index (χ1) is 10.1. The van der Waals surface area contributed by atoms with Gasteiger partial charge in [-0.1, -0.05) is 12.1 Å². The minimum atomic E-state index is 0.177. The molecule has 116 valence electrons. The lowest BCUT2D eigenvalue weighted by Crippen LogP contribution is -2.47. The summed E-state index contributed by atoms with van der Waals surface area (Å²) in [6, 6.07) is 8.14. The molecule has 5 nitrogen and oxygen atoms in total. The molecule has 0 unspecified atom stereocenters. The molecule has 5 heteroatoms. The number of nitrogens with two attached hydrogens (primary N) is 1. The zero-order valence-corrected chi connectivity index (χ0v) is 12.9. The Morgan fingerprint density at radius 2 is 2.10 bits per heavy atom. The van der Waals surface area contributed by atoms with Crippen LogP contribution >= 0.6 is 0 Å². The summed E-state index contributed by atoms with van der Waals surface area (Å²) in [5.74, 6) is 0.177. The summed E-state index contributed by atoms with van der Waals surface area (Å²) >= 11 is 0. The van der Waals surface area contributed by atoms with Gasteiger partial charge in [-0.3, -0.25) is 9.69 Å². The summed E-state index contributed by atoms with van der Waals surface area (Å²) in [4.78, 5) is 16.4. The third kappa shape index (κ3) is 4.72. The monoisotopic (exact) mass is 291 g/mol. The van der Waals surface area contributed by atoms with Gasteiger partial charge < -0.3 is 15.4 Å². The molecule has 1 heterocycles. The zero-order valence-electron chi connectivity index (χ0n) is 12.9. The maximum absolute atomic E-state index is 12.4. The van der Waals surface area contributed by atoms with Crippen LogP contribution in [-0.4, -0.2) is 54.6 Å². The summed E-state index contributed by atoms with van der Waals surface area (Å²) in [7, 11) is 0. The lowest BCUT2D eigenvalue weighted by atomic mass is 10.1. The number of nitrogens with zero attached hydrogens (tertiary/aromatic N) is 2. The topological polar surface area (TPSA) is 58.8 Å². The van der Waals surface area contributed by atoms with E-state index in [-0.39, 0.29) is 5.91 Å². The Labute approximate surface area is 126 Å². The Balaban J connectivity index is 1.96. The van der Waals surface area contributed by atoms with E-state index in [9.17, 15) is 4.79 Å². The molecule has 0 aromatic heterocycles. The van der Waals surface area contributed by atoms with Crippen LogP contribution in [0.1, 0.15) is 19.4 Å². The van der Waals surface area contributed by atoms with Gasteiger partial charge in [0.2, 0.25) is 5.91 Å². The Morgan fingerprint density at radius 3 is 2.71 bits per heavy atom. The maximum Gasteiger partial charge on any atom is 0.236 e. The molecule has 1 saturated heterocycles. The van der Waals surface area contributed by atoms with Crippen LogP contribution in [0, 0.1) is 0 Å². The largest absolute Gasteiger partial charge is 0.399 e. The molecule has 1 aromatic rings. The smallest absolute Gasteiger partial charge is 0.236 e. The average molecular weight is 291 g/mol. The van der Waals surface area contributed by atoms with E-state index in [1.165, 1.54) is 0 Å². The number of rotatable bonds is 5. The first-order valence-electron chi connectivity index (χ1n) is 7.50. The molecule has 0 saturated carbocycles. The van der Waals surface area contributed by atoms with E-state index in [2.05, 4.69) is 18.7 Å². The summed E-state index contributed by atoms with van der Waals surface area (Å²) in [5, 5.41) is 0. The molecule has 0 atom stereocenters. The van der Waals surface area contributed by atoms with Gasteiger partial charge in [0.15, 0.2) is 0 Å². The highest BCUT2D eigenvalue weighted by Gasteiger charge is 2.21. The van der Waals surface area contributed by atoms with E-state index in [1.54, 1.807) is 0 Å². The first-order valence-corrected chi connectivity index (χ1v) is 7.50. The fourth-order valence-electron chi connectivity index (χ4n) is 2.43. The number of anilines is 1. The molecular weight excluding hydrogens is 266 g/mol. The number of ether oxygens (including phenoxy) is 1. The van der Waals surface area contributed by atoms with Crippen LogP contribution in [0.5, 0.6) is 0 Å². The van der Waals surface area contributed by atoms with Crippen LogP contribution in [0.15, 0.2) is 24.3 Å². The highest BCUT2D eigenvalue weighted by molar-refractivity contribution is 5.78. The number of hydrogen-bond acceptors (Lipinski definition) is 4. The fraction of sp³-hybridized carbons (Fsp3) is 0.562. The number of nitrogen functional groups attached to an aromatic ring is 1. The second kappa shape index (κ2) is 7.43. The molecule has 0 aliphatic carbocycles. The summed E-state index contributed by atoms with van der Waals surface area (Å²) in [6.07, 6.45) is 0. The number of carbonyl (C=O) groups excluding carboxylic acids is 1. The van der Waals surface area contributed by atoms with Crippen LogP contribution in [-0.2, 0) is 16.1 Å². The highest BCUT2D eigenvalue weighted by atomic mass is 16.5. The molecule has 1 aliphatic rings. The fourth-order valence-corrected chi connectivity index (χ4v) is 2.43. The van der Waals surface area contributed by atoms with Gasteiger partial charge in [0.1, 0.15) is 0 Å². The van der Waals surface area contributed by atoms with Crippen molar-refractivity contribution in [2.24, 2.45) is 0 Å². The Hall–Kier alpha value is -1.59. The van der Waals surface area contributed by atoms with Gasteiger partial charge in [-0.25, -0.2) is 0 Å². The minimum absolute atomic E-state index is 0.177. The highest BCUT2D eigenvalue weighted by Crippen LogP contribution is 2.12. The van der Waals surface area contributed by atoms with Crippen LogP contribution in [0.2, 0.25) is 0 Å². The van der Waals surface area contributed by atoms with Crippen molar-refractivity contribution in [1.29, 1.82) is 0 Å². The number of amides is 1. The Morgan fingerprint density at radius 1 is 1.38 bits per heavy atom. The van der Waals surface area contributed by atoms with E-state index < -0.39 is 0 Å². The standard InChI is InChI=1S/C16H25N3O2/c1-13(2)19(11-14-4-3-5-15(17)10-14)12-16(20)18-6-8-21-9-7-18/h3-5,10,13H,6-9,11-12,17H2,1-2H3. The summed E-state index contributed by atoms with van der Waals surface area (Å²) in [6.45, 7) is 8.07. The van der Waals surface area contributed by atoms with E-state index >= 15 is 0 Å². The predicted molar refractivity (Wildman–Crippen MR) is 83.8 cm³/mol. The predicted octanol–water partition coefficient (Wildman–Crippen LogP) is 1.34. The summed E-state index contributed by atoms with van der Waals surface area (Å²) in [5.41, 5.74) is 7.72. The van der Waals surface area contributed by atoms with E-state index in [1.807, 2.05) is 29.2 Å². The number of hydrogen-bond donors (Lipinski definition) is 1. The first kappa shape index (κ1) is 15.8. The minimum Gasteiger partial charge on any atom is -0.399 e. The van der Waals surface area contributed by atoms with Crippen molar-refractivity contribution in [3.63, 3.8) is 0 Å². The number of morpholine rings is 1. The molecule has 2 rings (SSSR count). The number of benzene rings is 1. The third-order valence-electron chi connectivity index (χ3n) is 3.77. The number of carbonyl (C=O) groups is 1. The second-order valence-corrected chi connectivity index (χ2v) is 5.74. The molecule has 0 radical (unpaired) electrons. The molecule has 1 amide bonds. The molecule has 0 bridgehead atoms. The van der Waals surface area contributed by atoms with Crippen LogP contribution < -0.4 is 5.73 Å². The molecule has 21 heavy (non-hydrogen) atoms. The van der Waals surface area contributed by atoms with Gasteiger partial charge in [-0.15, -0.1) is 0 Å². The van der Waals surface area contributed by atoms with Crippen LogP contribution in [0.3, 0.4) is 0 Å². The van der Waals surface area contributed by atoms with Crippen LogP contribution in [0.25, 0.3) is 0 Å². The van der Waals surface area contributed by atoms with Gasteiger partial charge in [-0.2, -0.15) is 0 Å². The van der Waals surface area contributed by atoms with E-state index in [0.29, 0.717) is 38.9 Å². The normalized spacial score (nSPS) is 15.7. The molecule has 1 aromatic carbocycles. The van der Waals surface area contributed by atoms with Crippen LogP contribution in [0.4, 0.5) is 5.69 Å². The van der Waals surface area contributed by atoms with Gasteiger partial charge in [0.25, 0.3) is 0 Å². The Bertz CT molecular complexity index is 470. The van der Waals surface area contributed by atoms with Crippen molar-refractivity contribution in [1.82, 2.24) is 9.80 Å². The lowest BCUT2D eigenvalue weighted by molar-refractivity contribution is -0.137. The van der Waals surface area contributed by atoms with Gasteiger partial charge in [0, 0.05) is 31.4 Å². The quantitative estimate of drug-likeness (QED) is 0.832. The van der Waals surface area contributed by atoms with Crippen molar-refractivity contribution in [3.05, 3.63) is 29.8 Å². The molecule has 0 spiro atoms. The van der Waals surface area contributed by atoms with E-state index in [4.69, 9.17) is 10.5 Å². The average Bonchev–Trinajstić information content (AvgIpc) is 2.47. The van der Waals surface area contributed by atoms with E-state index in [0.717, 1.165) is 17.8 Å². The van der Waals surface area contributed by atoms with Crippen molar-refractivity contribution in [3.8, 4) is 0 Å². The molecule has 2 N–H and O–H groups in total.